The monoisotopic (exact) mass is 443 g/mol. The van der Waals surface area contributed by atoms with Crippen molar-refractivity contribution in [2.45, 2.75) is 51.4 Å². The fourth-order valence-electron chi connectivity index (χ4n) is 3.99. The molecule has 1 fully saturated rings. The molecule has 0 saturated heterocycles. The van der Waals surface area contributed by atoms with Gasteiger partial charge in [-0.05, 0) is 31.9 Å². The van der Waals surface area contributed by atoms with E-state index < -0.39 is 18.2 Å². The van der Waals surface area contributed by atoms with Crippen LogP contribution in [0.3, 0.4) is 0 Å². The first kappa shape index (κ1) is 21.9. The normalized spacial score (nSPS) is 23.4. The molecule has 0 spiro atoms. The van der Waals surface area contributed by atoms with Gasteiger partial charge in [-0.3, -0.25) is 0 Å². The highest BCUT2D eigenvalue weighted by molar-refractivity contribution is 7.21. The molecule has 4 rings (SSSR count). The molecule has 1 aliphatic carbocycles. The van der Waals surface area contributed by atoms with Crippen LogP contribution in [0.25, 0.3) is 20.8 Å². The summed E-state index contributed by atoms with van der Waals surface area (Å²) in [6.45, 7) is 4.65. The third-order valence-electron chi connectivity index (χ3n) is 5.77. The van der Waals surface area contributed by atoms with Crippen LogP contribution in [0.15, 0.2) is 24.3 Å². The summed E-state index contributed by atoms with van der Waals surface area (Å²) in [4.78, 5) is 14.1. The van der Waals surface area contributed by atoms with Gasteiger partial charge in [0.25, 0.3) is 0 Å². The van der Waals surface area contributed by atoms with Gasteiger partial charge in [-0.25, -0.2) is 9.97 Å². The molecular weight excluding hydrogens is 414 g/mol. The Kier molecular flexibility index (Phi) is 6.66. The molecule has 166 valence electrons. The van der Waals surface area contributed by atoms with Crippen molar-refractivity contribution in [1.29, 1.82) is 0 Å². The van der Waals surface area contributed by atoms with E-state index in [-0.39, 0.29) is 12.5 Å². The van der Waals surface area contributed by atoms with E-state index in [1.54, 1.807) is 11.3 Å². The molecule has 8 nitrogen and oxygen atoms in total. The number of benzene rings is 1. The second-order valence-electron chi connectivity index (χ2n) is 8.03. The topological polar surface area (TPSA) is 123 Å². The number of aliphatic hydroxyl groups excluding tert-OH is 3. The lowest BCUT2D eigenvalue weighted by Gasteiger charge is -2.21. The van der Waals surface area contributed by atoms with Crippen LogP contribution in [0.4, 0.5) is 11.8 Å². The SMILES string of the molecule is CCCCNc1nc(C)c(-c2nc3ccccc3s2)c(N[C@@H]2C[C@H](CO)[C@@H](O)[C@H]2O)n1. The van der Waals surface area contributed by atoms with Gasteiger partial charge in [0.1, 0.15) is 16.9 Å². The Morgan fingerprint density at radius 3 is 2.65 bits per heavy atom. The van der Waals surface area contributed by atoms with Crippen LogP contribution in [0.2, 0.25) is 0 Å². The van der Waals surface area contributed by atoms with E-state index >= 15 is 0 Å². The number of nitrogens with one attached hydrogen (secondary N) is 2. The quantitative estimate of drug-likeness (QED) is 0.337. The fourth-order valence-corrected chi connectivity index (χ4v) is 5.06. The minimum absolute atomic E-state index is 0.173. The van der Waals surface area contributed by atoms with Crippen molar-refractivity contribution in [2.75, 3.05) is 23.8 Å². The summed E-state index contributed by atoms with van der Waals surface area (Å²) < 4.78 is 1.07. The molecule has 4 atom stereocenters. The molecule has 0 aliphatic heterocycles. The fraction of sp³-hybridized carbons (Fsp3) is 0.500. The number of aromatic nitrogens is 3. The Labute approximate surface area is 185 Å². The summed E-state index contributed by atoms with van der Waals surface area (Å²) in [5, 5.41) is 37.7. The third-order valence-corrected chi connectivity index (χ3v) is 6.82. The lowest BCUT2D eigenvalue weighted by molar-refractivity contribution is 0.00446. The van der Waals surface area contributed by atoms with Crippen LogP contribution in [-0.4, -0.2) is 61.7 Å². The predicted octanol–water partition coefficient (Wildman–Crippen LogP) is 2.79. The zero-order valence-corrected chi connectivity index (χ0v) is 18.6. The molecule has 1 aromatic carbocycles. The molecule has 0 radical (unpaired) electrons. The largest absolute Gasteiger partial charge is 0.396 e. The summed E-state index contributed by atoms with van der Waals surface area (Å²) in [6.07, 6.45) is 0.553. The molecule has 5 N–H and O–H groups in total. The van der Waals surface area contributed by atoms with Crippen molar-refractivity contribution in [2.24, 2.45) is 5.92 Å². The number of para-hydroxylation sites is 1. The Hall–Kier alpha value is -2.33. The van der Waals surface area contributed by atoms with Gasteiger partial charge in [0, 0.05) is 19.1 Å². The molecule has 0 bridgehead atoms. The van der Waals surface area contributed by atoms with E-state index in [0.29, 0.717) is 18.2 Å². The molecule has 9 heteroatoms. The number of hydrogen-bond acceptors (Lipinski definition) is 9. The van der Waals surface area contributed by atoms with E-state index in [1.165, 1.54) is 0 Å². The summed E-state index contributed by atoms with van der Waals surface area (Å²) in [7, 11) is 0. The summed E-state index contributed by atoms with van der Waals surface area (Å²) in [5.41, 5.74) is 2.48. The number of aryl methyl sites for hydroxylation is 1. The van der Waals surface area contributed by atoms with E-state index in [4.69, 9.17) is 9.97 Å². The smallest absolute Gasteiger partial charge is 0.224 e. The standard InChI is InChI=1S/C22H29N5O3S/c1-3-4-9-23-22-24-12(2)17(21-26-14-7-5-6-8-16(14)31-21)20(27-22)25-15-10-13(11-28)18(29)19(15)30/h5-8,13,15,18-19,28-30H,3-4,9-11H2,1-2H3,(H2,23,24,25,27)/t13-,15-,18-,19+/m1/s1. The highest BCUT2D eigenvalue weighted by Crippen LogP contribution is 2.38. The van der Waals surface area contributed by atoms with Crippen molar-refractivity contribution in [1.82, 2.24) is 15.0 Å². The summed E-state index contributed by atoms with van der Waals surface area (Å²) in [5.74, 6) is 0.717. The first-order valence-electron chi connectivity index (χ1n) is 10.7. The molecule has 1 aliphatic rings. The highest BCUT2D eigenvalue weighted by Gasteiger charge is 2.41. The number of thiazole rings is 1. The van der Waals surface area contributed by atoms with Crippen LogP contribution in [0, 0.1) is 12.8 Å². The average molecular weight is 444 g/mol. The maximum Gasteiger partial charge on any atom is 0.224 e. The maximum absolute atomic E-state index is 10.5. The summed E-state index contributed by atoms with van der Waals surface area (Å²) >= 11 is 1.57. The Morgan fingerprint density at radius 2 is 1.94 bits per heavy atom. The number of unbranched alkanes of at least 4 members (excludes halogenated alkanes) is 1. The van der Waals surface area contributed by atoms with Crippen LogP contribution in [0.1, 0.15) is 31.9 Å². The van der Waals surface area contributed by atoms with Crippen molar-refractivity contribution < 1.29 is 15.3 Å². The number of nitrogens with zero attached hydrogens (tertiary/aromatic N) is 3. The Bertz CT molecular complexity index is 1010. The number of rotatable bonds is 8. The van der Waals surface area contributed by atoms with E-state index in [9.17, 15) is 15.3 Å². The van der Waals surface area contributed by atoms with E-state index in [1.807, 2.05) is 31.2 Å². The number of anilines is 2. The van der Waals surface area contributed by atoms with Crippen LogP contribution in [-0.2, 0) is 0 Å². The molecule has 1 saturated carbocycles. The van der Waals surface area contributed by atoms with Gasteiger partial charge in [-0.15, -0.1) is 11.3 Å². The molecule has 2 aromatic heterocycles. The van der Waals surface area contributed by atoms with Crippen molar-refractivity contribution in [3.05, 3.63) is 30.0 Å². The second kappa shape index (κ2) is 9.44. The highest BCUT2D eigenvalue weighted by atomic mass is 32.1. The number of fused-ring (bicyclic) bond motifs is 1. The number of aliphatic hydroxyl groups is 3. The zero-order chi connectivity index (χ0) is 22.0. The Balaban J connectivity index is 1.72. The van der Waals surface area contributed by atoms with Gasteiger partial charge in [0.15, 0.2) is 0 Å². The molecule has 3 aromatic rings. The van der Waals surface area contributed by atoms with Gasteiger partial charge < -0.3 is 26.0 Å². The summed E-state index contributed by atoms with van der Waals surface area (Å²) in [6, 6.07) is 7.52. The van der Waals surface area contributed by atoms with Crippen molar-refractivity contribution in [3.8, 4) is 10.6 Å². The minimum Gasteiger partial charge on any atom is -0.396 e. The molecule has 2 heterocycles. The van der Waals surface area contributed by atoms with Crippen LogP contribution < -0.4 is 10.6 Å². The zero-order valence-electron chi connectivity index (χ0n) is 17.7. The second-order valence-corrected chi connectivity index (χ2v) is 9.06. The predicted molar refractivity (Wildman–Crippen MR) is 123 cm³/mol. The molecule has 31 heavy (non-hydrogen) atoms. The minimum atomic E-state index is -0.993. The molecule has 0 amide bonds. The van der Waals surface area contributed by atoms with E-state index in [2.05, 4.69) is 22.5 Å². The first-order valence-corrected chi connectivity index (χ1v) is 11.6. The van der Waals surface area contributed by atoms with Crippen LogP contribution >= 0.6 is 11.3 Å². The lowest BCUT2D eigenvalue weighted by Crippen LogP contribution is -2.35. The Morgan fingerprint density at radius 1 is 1.13 bits per heavy atom. The molecule has 0 unspecified atom stereocenters. The average Bonchev–Trinajstić information content (AvgIpc) is 3.29. The maximum atomic E-state index is 10.5. The van der Waals surface area contributed by atoms with Gasteiger partial charge in [0.2, 0.25) is 5.95 Å². The van der Waals surface area contributed by atoms with Crippen LogP contribution in [0.5, 0.6) is 0 Å². The van der Waals surface area contributed by atoms with Gasteiger partial charge in [-0.1, -0.05) is 25.5 Å². The van der Waals surface area contributed by atoms with Gasteiger partial charge in [-0.2, -0.15) is 4.98 Å². The van der Waals surface area contributed by atoms with Gasteiger partial charge in [0.05, 0.1) is 33.6 Å². The van der Waals surface area contributed by atoms with Crippen molar-refractivity contribution >= 4 is 33.3 Å². The number of hydrogen-bond donors (Lipinski definition) is 5. The van der Waals surface area contributed by atoms with E-state index in [0.717, 1.165) is 45.9 Å². The molecular formula is C22H29N5O3S. The third kappa shape index (κ3) is 4.50. The lowest BCUT2D eigenvalue weighted by atomic mass is 10.1. The van der Waals surface area contributed by atoms with Gasteiger partial charge >= 0.3 is 0 Å². The van der Waals surface area contributed by atoms with Crippen molar-refractivity contribution in [3.63, 3.8) is 0 Å². The first-order chi connectivity index (χ1) is 15.0.